The highest BCUT2D eigenvalue weighted by molar-refractivity contribution is 7.99. The van der Waals surface area contributed by atoms with Crippen molar-refractivity contribution in [2.45, 2.75) is 56.1 Å². The maximum Gasteiger partial charge on any atom is 0.240 e. The molecular formula is C30H36N6O3S2. The number of benzene rings is 3. The molecule has 0 radical (unpaired) electrons. The van der Waals surface area contributed by atoms with Crippen LogP contribution >= 0.6 is 11.8 Å². The van der Waals surface area contributed by atoms with Crippen LogP contribution in [0.2, 0.25) is 0 Å². The van der Waals surface area contributed by atoms with Crippen LogP contribution in [0.25, 0.3) is 5.69 Å². The van der Waals surface area contributed by atoms with Gasteiger partial charge in [0.2, 0.25) is 15.9 Å². The first-order valence-corrected chi connectivity index (χ1v) is 16.2. The van der Waals surface area contributed by atoms with Gasteiger partial charge in [-0.1, -0.05) is 73.8 Å². The summed E-state index contributed by atoms with van der Waals surface area (Å²) in [5, 5.41) is 15.6. The molecule has 216 valence electrons. The lowest BCUT2D eigenvalue weighted by Gasteiger charge is -2.12. The summed E-state index contributed by atoms with van der Waals surface area (Å²) in [4.78, 5) is 12.9. The molecule has 0 saturated heterocycles. The van der Waals surface area contributed by atoms with Crippen LogP contribution in [-0.4, -0.2) is 41.4 Å². The van der Waals surface area contributed by atoms with Crippen molar-refractivity contribution >= 4 is 39.1 Å². The van der Waals surface area contributed by atoms with Crippen molar-refractivity contribution in [2.75, 3.05) is 22.9 Å². The van der Waals surface area contributed by atoms with Gasteiger partial charge in [-0.15, -0.1) is 10.2 Å². The fourth-order valence-corrected chi connectivity index (χ4v) is 5.93. The number of aryl methyl sites for hydroxylation is 1. The van der Waals surface area contributed by atoms with Crippen molar-refractivity contribution in [3.63, 3.8) is 0 Å². The quantitative estimate of drug-likeness (QED) is 0.118. The molecule has 4 aromatic rings. The number of rotatable bonds is 15. The number of para-hydroxylation sites is 1. The van der Waals surface area contributed by atoms with E-state index in [2.05, 4.69) is 32.5 Å². The standard InChI is InChI=1S/C30H36N6O3S2/c1-3-4-5-9-20-32-41(38,39)27-18-16-25(17-19-27)33-29(37)22-40-30-35-34-28(36(30)26-10-7-6-8-11-26)21-31-24-14-12-23(2)13-15-24/h6-8,10-19,31-32H,3-5,9,20-22H2,1-2H3,(H,33,37). The van der Waals surface area contributed by atoms with Crippen LogP contribution in [0.4, 0.5) is 11.4 Å². The largest absolute Gasteiger partial charge is 0.378 e. The number of nitrogens with one attached hydrogen (secondary N) is 3. The molecule has 9 nitrogen and oxygen atoms in total. The van der Waals surface area contributed by atoms with Gasteiger partial charge in [-0.2, -0.15) is 0 Å². The fourth-order valence-electron chi connectivity index (χ4n) is 4.08. The minimum absolute atomic E-state index is 0.107. The molecule has 0 unspecified atom stereocenters. The molecule has 0 spiro atoms. The third-order valence-corrected chi connectivity index (χ3v) is 8.73. The van der Waals surface area contributed by atoms with Crippen molar-refractivity contribution in [1.29, 1.82) is 0 Å². The number of unbranched alkanes of at least 4 members (excludes halogenated alkanes) is 3. The molecule has 1 amide bonds. The zero-order valence-electron chi connectivity index (χ0n) is 23.3. The molecule has 11 heteroatoms. The van der Waals surface area contributed by atoms with Crippen LogP contribution < -0.4 is 15.4 Å². The van der Waals surface area contributed by atoms with Crippen molar-refractivity contribution in [3.05, 3.63) is 90.3 Å². The summed E-state index contributed by atoms with van der Waals surface area (Å²) in [6.45, 7) is 5.03. The highest BCUT2D eigenvalue weighted by Gasteiger charge is 2.17. The molecule has 1 aromatic heterocycles. The van der Waals surface area contributed by atoms with E-state index in [1.807, 2.05) is 66.1 Å². The first kappa shape index (κ1) is 30.3. The van der Waals surface area contributed by atoms with Gasteiger partial charge in [-0.05, 0) is 61.9 Å². The average molecular weight is 593 g/mol. The minimum atomic E-state index is -3.58. The smallest absolute Gasteiger partial charge is 0.240 e. The molecular weight excluding hydrogens is 557 g/mol. The Morgan fingerprint density at radius 2 is 1.59 bits per heavy atom. The summed E-state index contributed by atoms with van der Waals surface area (Å²) in [7, 11) is -3.58. The summed E-state index contributed by atoms with van der Waals surface area (Å²) in [6.07, 6.45) is 3.99. The van der Waals surface area contributed by atoms with E-state index in [1.54, 1.807) is 12.1 Å². The topological polar surface area (TPSA) is 118 Å². The number of thioether (sulfide) groups is 1. The minimum Gasteiger partial charge on any atom is -0.378 e. The molecule has 3 aromatic carbocycles. The van der Waals surface area contributed by atoms with Gasteiger partial charge in [-0.25, -0.2) is 13.1 Å². The second-order valence-electron chi connectivity index (χ2n) is 9.61. The third kappa shape index (κ3) is 8.91. The Hall–Kier alpha value is -3.67. The zero-order chi connectivity index (χ0) is 29.1. The van der Waals surface area contributed by atoms with Gasteiger partial charge in [-0.3, -0.25) is 9.36 Å². The number of aromatic nitrogens is 3. The molecule has 1 heterocycles. The van der Waals surface area contributed by atoms with Crippen LogP contribution in [0, 0.1) is 6.92 Å². The Morgan fingerprint density at radius 1 is 0.878 bits per heavy atom. The molecule has 0 aliphatic heterocycles. The van der Waals surface area contributed by atoms with Crippen molar-refractivity contribution in [2.24, 2.45) is 0 Å². The number of sulfonamides is 1. The highest BCUT2D eigenvalue weighted by Crippen LogP contribution is 2.23. The van der Waals surface area contributed by atoms with Gasteiger partial charge < -0.3 is 10.6 Å². The Labute approximate surface area is 246 Å². The van der Waals surface area contributed by atoms with E-state index in [0.29, 0.717) is 23.9 Å². The molecule has 4 rings (SSSR count). The summed E-state index contributed by atoms with van der Waals surface area (Å²) in [6, 6.07) is 24.1. The second-order valence-corrected chi connectivity index (χ2v) is 12.3. The summed E-state index contributed by atoms with van der Waals surface area (Å²) < 4.78 is 29.6. The number of hydrogen-bond acceptors (Lipinski definition) is 7. The Bertz CT molecular complexity index is 1510. The van der Waals surface area contributed by atoms with E-state index in [4.69, 9.17) is 0 Å². The van der Waals surface area contributed by atoms with Gasteiger partial charge in [0.1, 0.15) is 0 Å². The zero-order valence-corrected chi connectivity index (χ0v) is 25.0. The number of amides is 1. The van der Waals surface area contributed by atoms with Gasteiger partial charge in [0.15, 0.2) is 11.0 Å². The van der Waals surface area contributed by atoms with Crippen LogP contribution in [0.1, 0.15) is 44.0 Å². The molecule has 0 atom stereocenters. The Morgan fingerprint density at radius 3 is 2.29 bits per heavy atom. The van der Waals surface area contributed by atoms with Crippen LogP contribution in [0.3, 0.4) is 0 Å². The molecule has 0 fully saturated rings. The van der Waals surface area contributed by atoms with Gasteiger partial charge in [0, 0.05) is 23.6 Å². The van der Waals surface area contributed by atoms with E-state index < -0.39 is 10.0 Å². The lowest BCUT2D eigenvalue weighted by molar-refractivity contribution is -0.113. The summed E-state index contributed by atoms with van der Waals surface area (Å²) >= 11 is 1.28. The Balaban J connectivity index is 1.36. The molecule has 0 bridgehead atoms. The third-order valence-electron chi connectivity index (χ3n) is 6.32. The van der Waals surface area contributed by atoms with Crippen molar-refractivity contribution in [1.82, 2.24) is 19.5 Å². The van der Waals surface area contributed by atoms with Crippen LogP contribution in [0.5, 0.6) is 0 Å². The SMILES string of the molecule is CCCCCCNS(=O)(=O)c1ccc(NC(=O)CSc2nnc(CNc3ccc(C)cc3)n2-c2ccccc2)cc1. The van der Waals surface area contributed by atoms with Gasteiger partial charge in [0.25, 0.3) is 0 Å². The number of nitrogens with zero attached hydrogens (tertiary/aromatic N) is 3. The van der Waals surface area contributed by atoms with Crippen molar-refractivity contribution in [3.8, 4) is 5.69 Å². The maximum atomic E-state index is 12.8. The molecule has 41 heavy (non-hydrogen) atoms. The normalized spacial score (nSPS) is 11.4. The molecule has 3 N–H and O–H groups in total. The summed E-state index contributed by atoms with van der Waals surface area (Å²) in [5.41, 5.74) is 3.58. The monoisotopic (exact) mass is 592 g/mol. The number of anilines is 2. The lowest BCUT2D eigenvalue weighted by Crippen LogP contribution is -2.24. The molecule has 0 aliphatic rings. The van der Waals surface area contributed by atoms with Gasteiger partial charge in [0.05, 0.1) is 17.2 Å². The maximum absolute atomic E-state index is 12.8. The van der Waals surface area contributed by atoms with Crippen molar-refractivity contribution < 1.29 is 13.2 Å². The first-order valence-electron chi connectivity index (χ1n) is 13.7. The number of carbonyl (C=O) groups excluding carboxylic acids is 1. The number of hydrogen-bond donors (Lipinski definition) is 3. The van der Waals surface area contributed by atoms with E-state index in [-0.39, 0.29) is 16.6 Å². The predicted octanol–water partition coefficient (Wildman–Crippen LogP) is 5.78. The van der Waals surface area contributed by atoms with E-state index in [1.165, 1.54) is 29.5 Å². The van der Waals surface area contributed by atoms with E-state index in [0.717, 1.165) is 42.9 Å². The summed E-state index contributed by atoms with van der Waals surface area (Å²) in [5.74, 6) is 0.590. The van der Waals surface area contributed by atoms with Crippen LogP contribution in [-0.2, 0) is 21.4 Å². The van der Waals surface area contributed by atoms with E-state index >= 15 is 0 Å². The first-order chi connectivity index (χ1) is 19.9. The Kier molecular flexibility index (Phi) is 10.9. The van der Waals surface area contributed by atoms with Gasteiger partial charge >= 0.3 is 0 Å². The molecule has 0 saturated carbocycles. The fraction of sp³-hybridized carbons (Fsp3) is 0.300. The highest BCUT2D eigenvalue weighted by atomic mass is 32.2. The lowest BCUT2D eigenvalue weighted by atomic mass is 10.2. The average Bonchev–Trinajstić information content (AvgIpc) is 3.39. The molecule has 0 aliphatic carbocycles. The predicted molar refractivity (Wildman–Crippen MR) is 165 cm³/mol. The number of carbonyl (C=O) groups is 1. The second kappa shape index (κ2) is 14.8. The van der Waals surface area contributed by atoms with Crippen LogP contribution in [0.15, 0.2) is 88.9 Å². The van der Waals surface area contributed by atoms with E-state index in [9.17, 15) is 13.2 Å².